The molecule has 1 aliphatic heterocycles. The van der Waals surface area contributed by atoms with Crippen molar-refractivity contribution in [3.8, 4) is 0 Å². The van der Waals surface area contributed by atoms with E-state index >= 15 is 0 Å². The zero-order valence-electron chi connectivity index (χ0n) is 14.8. The van der Waals surface area contributed by atoms with Gasteiger partial charge in [0.15, 0.2) is 0 Å². The molecule has 0 unspecified atom stereocenters. The lowest BCUT2D eigenvalue weighted by molar-refractivity contribution is -0.126. The highest BCUT2D eigenvalue weighted by Crippen LogP contribution is 2.22. The fourth-order valence-electron chi connectivity index (χ4n) is 3.10. The number of amides is 1. The molecule has 0 bridgehead atoms. The minimum atomic E-state index is -3.48. The Morgan fingerprint density at radius 3 is 2.48 bits per heavy atom. The molecule has 0 spiro atoms. The number of carbonyl (C=O) groups excluding carboxylic acids is 1. The number of sulfonamides is 1. The van der Waals surface area contributed by atoms with Crippen LogP contribution in [0.4, 0.5) is 4.39 Å². The highest BCUT2D eigenvalue weighted by atomic mass is 32.2. The van der Waals surface area contributed by atoms with E-state index < -0.39 is 15.8 Å². The summed E-state index contributed by atoms with van der Waals surface area (Å²) in [6.45, 7) is 0.985. The van der Waals surface area contributed by atoms with Crippen molar-refractivity contribution in [1.29, 1.82) is 0 Å². The average Bonchev–Trinajstić information content (AvgIpc) is 2.69. The van der Waals surface area contributed by atoms with Gasteiger partial charge in [0, 0.05) is 25.2 Å². The van der Waals surface area contributed by atoms with Crippen molar-refractivity contribution in [2.24, 2.45) is 5.92 Å². The summed E-state index contributed by atoms with van der Waals surface area (Å²) in [5.41, 5.74) is 1.33. The number of rotatable bonds is 6. The lowest BCUT2D eigenvalue weighted by Crippen LogP contribution is -2.43. The Bertz CT molecular complexity index is 865. The molecule has 8 heteroatoms. The van der Waals surface area contributed by atoms with Crippen LogP contribution < -0.4 is 5.32 Å². The zero-order chi connectivity index (χ0) is 19.3. The smallest absolute Gasteiger partial charge is 0.223 e. The van der Waals surface area contributed by atoms with Crippen molar-refractivity contribution in [3.63, 3.8) is 0 Å². The lowest BCUT2D eigenvalue weighted by atomic mass is 9.97. The number of halogens is 1. The largest absolute Gasteiger partial charge is 0.350 e. The van der Waals surface area contributed by atoms with E-state index in [1.54, 1.807) is 6.20 Å². The van der Waals surface area contributed by atoms with Gasteiger partial charge in [0.25, 0.3) is 0 Å². The molecule has 1 aromatic carbocycles. The van der Waals surface area contributed by atoms with E-state index in [1.807, 2.05) is 18.2 Å². The van der Waals surface area contributed by atoms with E-state index in [-0.39, 0.29) is 17.6 Å². The van der Waals surface area contributed by atoms with Gasteiger partial charge in [-0.25, -0.2) is 17.1 Å². The van der Waals surface area contributed by atoms with Crippen molar-refractivity contribution < 1.29 is 17.6 Å². The maximum absolute atomic E-state index is 13.0. The highest BCUT2D eigenvalue weighted by Gasteiger charge is 2.31. The summed E-state index contributed by atoms with van der Waals surface area (Å²) >= 11 is 0. The number of hydrogen-bond acceptors (Lipinski definition) is 4. The first-order chi connectivity index (χ1) is 12.9. The van der Waals surface area contributed by atoms with Gasteiger partial charge in [-0.15, -0.1) is 0 Å². The summed E-state index contributed by atoms with van der Waals surface area (Å²) in [5, 5.41) is 2.86. The Morgan fingerprint density at radius 1 is 1.15 bits per heavy atom. The third-order valence-corrected chi connectivity index (χ3v) is 6.50. The maximum atomic E-state index is 13.0. The Morgan fingerprint density at radius 2 is 1.85 bits per heavy atom. The van der Waals surface area contributed by atoms with E-state index in [4.69, 9.17) is 0 Å². The summed E-state index contributed by atoms with van der Waals surface area (Å²) in [5.74, 6) is -0.833. The highest BCUT2D eigenvalue weighted by molar-refractivity contribution is 7.88. The summed E-state index contributed by atoms with van der Waals surface area (Å²) < 4.78 is 39.5. The molecule has 0 radical (unpaired) electrons. The van der Waals surface area contributed by atoms with Gasteiger partial charge in [-0.3, -0.25) is 9.78 Å². The molecule has 27 heavy (non-hydrogen) atoms. The first-order valence-corrected chi connectivity index (χ1v) is 10.4. The van der Waals surface area contributed by atoms with Gasteiger partial charge < -0.3 is 5.32 Å². The number of nitrogens with one attached hydrogen (secondary N) is 1. The van der Waals surface area contributed by atoms with Crippen LogP contribution in [0.3, 0.4) is 0 Å². The number of aromatic nitrogens is 1. The van der Waals surface area contributed by atoms with Crippen LogP contribution in [0.15, 0.2) is 48.7 Å². The van der Waals surface area contributed by atoms with Crippen LogP contribution in [0.1, 0.15) is 24.1 Å². The number of benzene rings is 1. The third-order valence-electron chi connectivity index (χ3n) is 4.65. The van der Waals surface area contributed by atoms with Crippen LogP contribution in [-0.4, -0.2) is 36.7 Å². The van der Waals surface area contributed by atoms with Gasteiger partial charge >= 0.3 is 0 Å². The second-order valence-corrected chi connectivity index (χ2v) is 8.56. The van der Waals surface area contributed by atoms with Gasteiger partial charge in [0.1, 0.15) is 5.82 Å². The van der Waals surface area contributed by atoms with Crippen LogP contribution in [-0.2, 0) is 27.1 Å². The molecule has 0 atom stereocenters. The van der Waals surface area contributed by atoms with E-state index in [2.05, 4.69) is 10.3 Å². The molecule has 1 N–H and O–H groups in total. The molecule has 0 aliphatic carbocycles. The Balaban J connectivity index is 1.50. The number of pyridine rings is 1. The van der Waals surface area contributed by atoms with Crippen LogP contribution in [0.5, 0.6) is 0 Å². The zero-order valence-corrected chi connectivity index (χ0v) is 15.7. The van der Waals surface area contributed by atoms with Gasteiger partial charge in [-0.2, -0.15) is 0 Å². The molecule has 1 fully saturated rings. The molecule has 0 saturated carbocycles. The first-order valence-electron chi connectivity index (χ1n) is 8.84. The molecule has 1 amide bonds. The molecule has 2 aromatic rings. The molecule has 1 aliphatic rings. The second-order valence-electron chi connectivity index (χ2n) is 6.59. The fourth-order valence-corrected chi connectivity index (χ4v) is 4.67. The summed E-state index contributed by atoms with van der Waals surface area (Å²) in [4.78, 5) is 16.5. The second kappa shape index (κ2) is 8.58. The van der Waals surface area contributed by atoms with Crippen LogP contribution in [0.2, 0.25) is 0 Å². The number of hydrogen-bond donors (Lipinski definition) is 1. The number of nitrogens with zero attached hydrogens (tertiary/aromatic N) is 2. The molecule has 2 heterocycles. The SMILES string of the molecule is O=C(NCc1ccccn1)C1CCN(S(=O)(=O)Cc2ccc(F)cc2)CC1. The summed E-state index contributed by atoms with van der Waals surface area (Å²) in [6.07, 6.45) is 2.64. The molecular weight excluding hydrogens is 369 g/mol. The average molecular weight is 391 g/mol. The fraction of sp³-hybridized carbons (Fsp3) is 0.368. The number of piperidine rings is 1. The van der Waals surface area contributed by atoms with E-state index in [9.17, 15) is 17.6 Å². The van der Waals surface area contributed by atoms with E-state index in [0.717, 1.165) is 5.69 Å². The van der Waals surface area contributed by atoms with Crippen molar-refractivity contribution in [1.82, 2.24) is 14.6 Å². The number of carbonyl (C=O) groups is 1. The minimum Gasteiger partial charge on any atom is -0.350 e. The predicted octanol–water partition coefficient (Wildman–Crippen LogP) is 2.08. The minimum absolute atomic E-state index is 0.0729. The van der Waals surface area contributed by atoms with Crippen LogP contribution in [0.25, 0.3) is 0 Å². The van der Waals surface area contributed by atoms with Crippen molar-refractivity contribution in [3.05, 3.63) is 65.7 Å². The van der Waals surface area contributed by atoms with E-state index in [0.29, 0.717) is 38.0 Å². The summed E-state index contributed by atoms with van der Waals surface area (Å²) in [7, 11) is -3.48. The Kier molecular flexibility index (Phi) is 6.18. The van der Waals surface area contributed by atoms with Crippen molar-refractivity contribution in [2.45, 2.75) is 25.1 Å². The normalized spacial score (nSPS) is 16.2. The van der Waals surface area contributed by atoms with Gasteiger partial charge in [-0.05, 0) is 42.7 Å². The summed E-state index contributed by atoms with van der Waals surface area (Å²) in [6, 6.07) is 11.0. The predicted molar refractivity (Wildman–Crippen MR) is 99.4 cm³/mol. The van der Waals surface area contributed by atoms with Crippen molar-refractivity contribution >= 4 is 15.9 Å². The molecule has 1 saturated heterocycles. The monoisotopic (exact) mass is 391 g/mol. The first kappa shape index (κ1) is 19.4. The standard InChI is InChI=1S/C19H22FN3O3S/c20-17-6-4-15(5-7-17)14-27(25,26)23-11-8-16(9-12-23)19(24)22-13-18-3-1-2-10-21-18/h1-7,10,16H,8-9,11-14H2,(H,22,24). The topological polar surface area (TPSA) is 79.4 Å². The lowest BCUT2D eigenvalue weighted by Gasteiger charge is -2.30. The van der Waals surface area contributed by atoms with Crippen LogP contribution >= 0.6 is 0 Å². The van der Waals surface area contributed by atoms with Crippen molar-refractivity contribution in [2.75, 3.05) is 13.1 Å². The van der Waals surface area contributed by atoms with Crippen LogP contribution in [0, 0.1) is 11.7 Å². The van der Waals surface area contributed by atoms with Gasteiger partial charge in [0.2, 0.25) is 15.9 Å². The molecule has 1 aromatic heterocycles. The Labute approximate surface area is 158 Å². The molecule has 6 nitrogen and oxygen atoms in total. The van der Waals surface area contributed by atoms with E-state index in [1.165, 1.54) is 28.6 Å². The van der Waals surface area contributed by atoms with Gasteiger partial charge in [-0.1, -0.05) is 18.2 Å². The third kappa shape index (κ3) is 5.33. The molecule has 144 valence electrons. The van der Waals surface area contributed by atoms with Gasteiger partial charge in [0.05, 0.1) is 18.0 Å². The molecular formula is C19H22FN3O3S. The maximum Gasteiger partial charge on any atom is 0.223 e. The quantitative estimate of drug-likeness (QED) is 0.818. The Hall–Kier alpha value is -2.32. The molecule has 3 rings (SSSR count).